The lowest BCUT2D eigenvalue weighted by atomic mass is 9.85. The van der Waals surface area contributed by atoms with Crippen molar-refractivity contribution < 1.29 is 31.1 Å². The van der Waals surface area contributed by atoms with Crippen LogP contribution in [0.15, 0.2) is 42.7 Å². The van der Waals surface area contributed by atoms with E-state index in [4.69, 9.17) is 9.72 Å². The molecule has 0 atom stereocenters. The molecule has 4 aromatic rings. The Kier molecular flexibility index (Phi) is 8.41. The third kappa shape index (κ3) is 6.89. The maximum absolute atomic E-state index is 13.2. The topological polar surface area (TPSA) is 137 Å². The molecule has 1 aliphatic heterocycles. The summed E-state index contributed by atoms with van der Waals surface area (Å²) in [6.07, 6.45) is 3.33. The number of hydrogen-bond donors (Lipinski definition) is 1. The zero-order valence-corrected chi connectivity index (χ0v) is 25.4. The molecule has 3 aromatic heterocycles. The number of benzene rings is 1. The summed E-state index contributed by atoms with van der Waals surface area (Å²) in [5, 5.41) is 11.2. The Labute approximate surface area is 257 Å². The number of carbonyl (C=O) groups is 1. The van der Waals surface area contributed by atoms with Crippen molar-refractivity contribution in [3.05, 3.63) is 54.4 Å². The van der Waals surface area contributed by atoms with Crippen LogP contribution in [0, 0.1) is 5.92 Å². The second-order valence-corrected chi connectivity index (χ2v) is 13.7. The van der Waals surface area contributed by atoms with Crippen LogP contribution in [-0.2, 0) is 33.9 Å². The molecule has 1 saturated carbocycles. The van der Waals surface area contributed by atoms with Gasteiger partial charge in [0.25, 0.3) is 0 Å². The second kappa shape index (κ2) is 12.3. The third-order valence-electron chi connectivity index (χ3n) is 8.23. The van der Waals surface area contributed by atoms with Crippen LogP contribution in [0.3, 0.4) is 0 Å². The largest absolute Gasteiger partial charge is 0.493 e. The number of rotatable bonds is 9. The first-order valence-corrected chi connectivity index (χ1v) is 16.8. The van der Waals surface area contributed by atoms with E-state index in [0.717, 1.165) is 28.3 Å². The van der Waals surface area contributed by atoms with Gasteiger partial charge in [0.1, 0.15) is 21.4 Å². The van der Waals surface area contributed by atoms with E-state index in [1.54, 1.807) is 17.2 Å². The predicted molar refractivity (Wildman–Crippen MR) is 158 cm³/mol. The summed E-state index contributed by atoms with van der Waals surface area (Å²) in [4.78, 5) is 23.9. The molecule has 6 rings (SSSR count). The van der Waals surface area contributed by atoms with E-state index in [1.165, 1.54) is 6.26 Å². The molecule has 1 N–H and O–H groups in total. The van der Waals surface area contributed by atoms with Crippen molar-refractivity contribution in [3.63, 3.8) is 0 Å². The van der Waals surface area contributed by atoms with Crippen molar-refractivity contribution in [1.29, 1.82) is 0 Å². The van der Waals surface area contributed by atoms with Gasteiger partial charge in [-0.25, -0.2) is 13.4 Å². The van der Waals surface area contributed by atoms with E-state index in [9.17, 15) is 26.4 Å². The Morgan fingerprint density at radius 2 is 1.89 bits per heavy atom. The highest BCUT2D eigenvalue weighted by atomic mass is 32.2. The van der Waals surface area contributed by atoms with Crippen LogP contribution < -0.4 is 10.1 Å². The summed E-state index contributed by atoms with van der Waals surface area (Å²) in [5.74, 6) is 0.713. The number of ether oxygens (including phenoxy) is 1. The van der Waals surface area contributed by atoms with Crippen molar-refractivity contribution in [2.75, 3.05) is 30.5 Å². The zero-order chi connectivity index (χ0) is 31.8. The lowest BCUT2D eigenvalue weighted by molar-refractivity contribution is -0.148. The number of hydrogen-bond acceptors (Lipinski definition) is 9. The van der Waals surface area contributed by atoms with Crippen molar-refractivity contribution in [1.82, 2.24) is 34.2 Å². The third-order valence-corrected chi connectivity index (χ3v) is 9.26. The summed E-state index contributed by atoms with van der Waals surface area (Å²) in [7, 11) is -3.05. The number of halogens is 3. The van der Waals surface area contributed by atoms with Crippen molar-refractivity contribution in [2.24, 2.45) is 5.92 Å². The maximum atomic E-state index is 13.2. The zero-order valence-electron chi connectivity index (χ0n) is 24.6. The van der Waals surface area contributed by atoms with Gasteiger partial charge in [0.2, 0.25) is 17.7 Å². The quantitative estimate of drug-likeness (QED) is 0.269. The SMILES string of the molecule is CS(=O)(=O)CCCOc1cccc2c1ccn2-c1ccnc(N[C@H]2CC[C@H](C(=O)N3CCn4c(nnc4C(F)(F)F)C3)CC2)n1. The van der Waals surface area contributed by atoms with Gasteiger partial charge in [-0.2, -0.15) is 18.2 Å². The lowest BCUT2D eigenvalue weighted by Gasteiger charge is -2.34. The number of anilines is 1. The van der Waals surface area contributed by atoms with Gasteiger partial charge in [-0.1, -0.05) is 6.07 Å². The Morgan fingerprint density at radius 1 is 1.09 bits per heavy atom. The molecule has 1 fully saturated rings. The predicted octanol–water partition coefficient (Wildman–Crippen LogP) is 3.86. The molecular formula is C29H33F3N8O4S. The Morgan fingerprint density at radius 3 is 2.64 bits per heavy atom. The molecular weight excluding hydrogens is 613 g/mol. The number of amides is 1. The van der Waals surface area contributed by atoms with E-state index in [1.807, 2.05) is 35.0 Å². The molecule has 2 aliphatic rings. The van der Waals surface area contributed by atoms with Crippen molar-refractivity contribution in [3.8, 4) is 11.6 Å². The highest BCUT2D eigenvalue weighted by Gasteiger charge is 2.40. The fraction of sp³-hybridized carbons (Fsp3) is 0.483. The summed E-state index contributed by atoms with van der Waals surface area (Å²) in [6.45, 7) is 0.516. The highest BCUT2D eigenvalue weighted by molar-refractivity contribution is 7.90. The van der Waals surface area contributed by atoms with Gasteiger partial charge in [0.05, 0.1) is 24.4 Å². The monoisotopic (exact) mass is 646 g/mol. The maximum Gasteiger partial charge on any atom is 0.451 e. The standard InChI is InChI=1S/C29H33F3N8O4S/c1-45(42,43)17-3-16-44-23-5-2-4-22-21(23)11-13-39(22)24-10-12-33-28(35-24)34-20-8-6-19(7-9-20)26(41)38-14-15-40-25(18-38)36-37-27(40)29(30,31)32/h2,4-5,10-13,19-20H,3,6-9,14-18H2,1H3,(H,33,34,35)/t19-,20-. The molecule has 1 aromatic carbocycles. The van der Waals surface area contributed by atoms with Crippen LogP contribution in [0.1, 0.15) is 43.8 Å². The van der Waals surface area contributed by atoms with Crippen LogP contribution in [0.25, 0.3) is 16.7 Å². The number of nitrogens with zero attached hydrogens (tertiary/aromatic N) is 7. The fourth-order valence-corrected chi connectivity index (χ4v) is 6.64. The smallest absolute Gasteiger partial charge is 0.451 e. The first-order chi connectivity index (χ1) is 21.5. The van der Waals surface area contributed by atoms with Crippen LogP contribution in [0.5, 0.6) is 5.75 Å². The van der Waals surface area contributed by atoms with Crippen molar-refractivity contribution in [2.45, 2.75) is 57.4 Å². The summed E-state index contributed by atoms with van der Waals surface area (Å²) >= 11 is 0. The van der Waals surface area contributed by atoms with Crippen molar-refractivity contribution >= 4 is 32.6 Å². The van der Waals surface area contributed by atoms with E-state index in [2.05, 4.69) is 20.5 Å². The van der Waals surface area contributed by atoms with Crippen LogP contribution in [0.4, 0.5) is 19.1 Å². The van der Waals surface area contributed by atoms with Gasteiger partial charge < -0.3 is 24.1 Å². The molecule has 240 valence electrons. The normalized spacial score (nSPS) is 19.0. The number of carbonyl (C=O) groups excluding carboxylic acids is 1. The Bertz CT molecular complexity index is 1800. The molecule has 0 unspecified atom stereocenters. The van der Waals surface area contributed by atoms with E-state index < -0.39 is 21.8 Å². The molecule has 1 aliphatic carbocycles. The first-order valence-electron chi connectivity index (χ1n) is 14.7. The van der Waals surface area contributed by atoms with Gasteiger partial charge in [0.15, 0.2) is 5.82 Å². The number of sulfone groups is 1. The minimum absolute atomic E-state index is 0.0178. The molecule has 0 radical (unpaired) electrons. The van der Waals surface area contributed by atoms with Gasteiger partial charge in [0, 0.05) is 49.1 Å². The molecule has 0 spiro atoms. The fourth-order valence-electron chi connectivity index (χ4n) is 6.00. The van der Waals surface area contributed by atoms with Gasteiger partial charge in [-0.3, -0.25) is 4.79 Å². The minimum Gasteiger partial charge on any atom is -0.493 e. The number of aromatic nitrogens is 6. The molecule has 12 nitrogen and oxygen atoms in total. The van der Waals surface area contributed by atoms with Gasteiger partial charge in [-0.15, -0.1) is 10.2 Å². The Balaban J connectivity index is 1.05. The summed E-state index contributed by atoms with van der Waals surface area (Å²) < 4.78 is 71.1. The molecule has 4 heterocycles. The lowest BCUT2D eigenvalue weighted by Crippen LogP contribution is -2.43. The number of nitrogens with one attached hydrogen (secondary N) is 1. The number of alkyl halides is 3. The average molecular weight is 647 g/mol. The van der Waals surface area contributed by atoms with Gasteiger partial charge >= 0.3 is 6.18 Å². The molecule has 45 heavy (non-hydrogen) atoms. The van der Waals surface area contributed by atoms with Crippen LogP contribution >= 0.6 is 0 Å². The first kappa shape index (κ1) is 30.8. The minimum atomic E-state index is -4.58. The van der Waals surface area contributed by atoms with E-state index in [-0.39, 0.29) is 55.7 Å². The molecule has 0 bridgehead atoms. The van der Waals surface area contributed by atoms with E-state index in [0.29, 0.717) is 36.8 Å². The summed E-state index contributed by atoms with van der Waals surface area (Å²) in [6, 6.07) is 9.47. The molecule has 16 heteroatoms. The summed E-state index contributed by atoms with van der Waals surface area (Å²) in [5.41, 5.74) is 0.880. The highest BCUT2D eigenvalue weighted by Crippen LogP contribution is 2.32. The average Bonchev–Trinajstić information content (AvgIpc) is 3.64. The number of fused-ring (bicyclic) bond motifs is 2. The van der Waals surface area contributed by atoms with E-state index >= 15 is 0 Å². The van der Waals surface area contributed by atoms with Gasteiger partial charge in [-0.05, 0) is 56.4 Å². The van der Waals surface area contributed by atoms with Crippen LogP contribution in [-0.4, -0.2) is 79.7 Å². The molecule has 1 amide bonds. The Hall–Kier alpha value is -4.21. The molecule has 0 saturated heterocycles. The second-order valence-electron chi connectivity index (χ2n) is 11.5. The van der Waals surface area contributed by atoms with Crippen LogP contribution in [0.2, 0.25) is 0 Å².